The van der Waals surface area contributed by atoms with Crippen molar-refractivity contribution in [2.24, 2.45) is 17.8 Å². The third kappa shape index (κ3) is 4.08. The van der Waals surface area contributed by atoms with Crippen molar-refractivity contribution < 1.29 is 13.2 Å². The van der Waals surface area contributed by atoms with E-state index >= 15 is 0 Å². The Bertz CT molecular complexity index is 604. The molecule has 0 spiro atoms. The van der Waals surface area contributed by atoms with Crippen molar-refractivity contribution in [1.29, 1.82) is 0 Å². The highest BCUT2D eigenvalue weighted by Crippen LogP contribution is 2.50. The molecule has 0 N–H and O–H groups in total. The first-order chi connectivity index (χ1) is 12.4. The van der Waals surface area contributed by atoms with Crippen molar-refractivity contribution in [1.82, 2.24) is 18.4 Å². The van der Waals surface area contributed by atoms with E-state index in [0.717, 1.165) is 24.9 Å². The summed E-state index contributed by atoms with van der Waals surface area (Å²) in [5.41, 5.74) is 0. The van der Waals surface area contributed by atoms with Crippen LogP contribution in [-0.4, -0.2) is 92.1 Å². The van der Waals surface area contributed by atoms with Gasteiger partial charge in [0.2, 0.25) is 5.91 Å². The molecule has 148 valence electrons. The van der Waals surface area contributed by atoms with Crippen LogP contribution < -0.4 is 0 Å². The highest BCUT2D eigenvalue weighted by Gasteiger charge is 2.43. The summed E-state index contributed by atoms with van der Waals surface area (Å²) in [6, 6.07) is 0. The maximum atomic E-state index is 12.8. The van der Waals surface area contributed by atoms with Crippen LogP contribution in [0.4, 0.5) is 0 Å². The van der Waals surface area contributed by atoms with Gasteiger partial charge in [-0.3, -0.25) is 4.79 Å². The number of rotatable bonds is 6. The Morgan fingerprint density at radius 2 is 1.31 bits per heavy atom. The summed E-state index contributed by atoms with van der Waals surface area (Å²) < 4.78 is 28.8. The average Bonchev–Trinajstić information content (AvgIpc) is 3.54. The molecule has 8 heteroatoms. The van der Waals surface area contributed by atoms with E-state index in [0.29, 0.717) is 51.6 Å². The number of nitrogens with zero attached hydrogens (tertiary/aromatic N) is 4. The van der Waals surface area contributed by atoms with Crippen LogP contribution >= 0.6 is 0 Å². The second kappa shape index (κ2) is 7.37. The van der Waals surface area contributed by atoms with Crippen LogP contribution in [0, 0.1) is 17.8 Å². The number of hydrogen-bond acceptors (Lipinski definition) is 4. The molecule has 0 unspecified atom stereocenters. The monoisotopic (exact) mass is 384 g/mol. The number of hydrogen-bond donors (Lipinski definition) is 0. The lowest BCUT2D eigenvalue weighted by Gasteiger charge is -2.39. The number of likely N-dealkylation sites (N-methyl/N-ethyl adjacent to an activating group) is 1. The highest BCUT2D eigenvalue weighted by atomic mass is 32.2. The molecule has 2 saturated carbocycles. The first-order valence-electron chi connectivity index (χ1n) is 10.2. The number of amides is 1. The molecule has 0 aromatic heterocycles. The van der Waals surface area contributed by atoms with Gasteiger partial charge < -0.3 is 9.80 Å². The maximum absolute atomic E-state index is 12.8. The molecule has 4 aliphatic rings. The molecule has 0 aromatic rings. The predicted octanol–water partition coefficient (Wildman–Crippen LogP) is 0.449. The minimum absolute atomic E-state index is 0.241. The van der Waals surface area contributed by atoms with Crippen LogP contribution in [0.15, 0.2) is 0 Å². The fourth-order valence-electron chi connectivity index (χ4n) is 4.45. The fourth-order valence-corrected chi connectivity index (χ4v) is 6.02. The Kier molecular flexibility index (Phi) is 5.29. The Morgan fingerprint density at radius 1 is 0.846 bits per heavy atom. The van der Waals surface area contributed by atoms with Gasteiger partial charge >= 0.3 is 0 Å². The SMILES string of the molecule is CN1CCN(S(=O)(=O)N2CCN(C(=O)CC(C3CC3)C3CC3)CC2)CC1. The molecule has 1 amide bonds. The van der Waals surface area contributed by atoms with E-state index in [2.05, 4.69) is 4.90 Å². The van der Waals surface area contributed by atoms with Gasteiger partial charge in [0.05, 0.1) is 0 Å². The van der Waals surface area contributed by atoms with Gasteiger partial charge in [0.25, 0.3) is 10.2 Å². The van der Waals surface area contributed by atoms with E-state index < -0.39 is 10.2 Å². The van der Waals surface area contributed by atoms with Crippen molar-refractivity contribution >= 4 is 16.1 Å². The molecule has 4 rings (SSSR count). The normalized spacial score (nSPS) is 27.2. The zero-order valence-corrected chi connectivity index (χ0v) is 16.7. The lowest BCUT2D eigenvalue weighted by atomic mass is 9.93. The zero-order chi connectivity index (χ0) is 18.3. The Hall–Kier alpha value is -0.700. The van der Waals surface area contributed by atoms with Gasteiger partial charge in [0.15, 0.2) is 0 Å². The molecule has 2 saturated heterocycles. The minimum Gasteiger partial charge on any atom is -0.340 e. The highest BCUT2D eigenvalue weighted by molar-refractivity contribution is 7.86. The van der Waals surface area contributed by atoms with Crippen LogP contribution in [0.1, 0.15) is 32.1 Å². The summed E-state index contributed by atoms with van der Waals surface area (Å²) in [6.45, 7) is 4.60. The number of carbonyl (C=O) groups is 1. The van der Waals surface area contributed by atoms with Crippen LogP contribution in [0.25, 0.3) is 0 Å². The molecule has 2 heterocycles. The van der Waals surface area contributed by atoms with Crippen molar-refractivity contribution in [3.05, 3.63) is 0 Å². The van der Waals surface area contributed by atoms with Crippen LogP contribution in [-0.2, 0) is 15.0 Å². The van der Waals surface area contributed by atoms with Crippen molar-refractivity contribution in [3.8, 4) is 0 Å². The molecule has 4 fully saturated rings. The lowest BCUT2D eigenvalue weighted by molar-refractivity contribution is -0.133. The third-order valence-corrected chi connectivity index (χ3v) is 8.61. The topological polar surface area (TPSA) is 64.2 Å². The van der Waals surface area contributed by atoms with E-state index in [9.17, 15) is 13.2 Å². The third-order valence-electron chi connectivity index (χ3n) is 6.57. The molecular formula is C18H32N4O3S. The first kappa shape index (κ1) is 18.7. The molecule has 0 atom stereocenters. The van der Waals surface area contributed by atoms with E-state index in [-0.39, 0.29) is 5.91 Å². The van der Waals surface area contributed by atoms with Gasteiger partial charge in [0.1, 0.15) is 0 Å². The van der Waals surface area contributed by atoms with Gasteiger partial charge in [0, 0.05) is 58.8 Å². The van der Waals surface area contributed by atoms with Crippen LogP contribution in [0.5, 0.6) is 0 Å². The summed E-state index contributed by atoms with van der Waals surface area (Å²) in [5, 5.41) is 0. The predicted molar refractivity (Wildman–Crippen MR) is 99.7 cm³/mol. The lowest BCUT2D eigenvalue weighted by Crippen LogP contribution is -2.57. The summed E-state index contributed by atoms with van der Waals surface area (Å²) in [7, 11) is -1.37. The molecule has 0 aromatic carbocycles. The summed E-state index contributed by atoms with van der Waals surface area (Å²) >= 11 is 0. The molecule has 26 heavy (non-hydrogen) atoms. The molecule has 2 aliphatic heterocycles. The van der Waals surface area contributed by atoms with E-state index in [1.165, 1.54) is 25.7 Å². The van der Waals surface area contributed by atoms with Crippen molar-refractivity contribution in [2.75, 3.05) is 59.4 Å². The van der Waals surface area contributed by atoms with Gasteiger partial charge in [-0.15, -0.1) is 0 Å². The van der Waals surface area contributed by atoms with E-state index in [1.807, 2.05) is 11.9 Å². The number of piperazine rings is 2. The second-order valence-corrected chi connectivity index (χ2v) is 10.5. The second-order valence-electron chi connectivity index (χ2n) is 8.53. The largest absolute Gasteiger partial charge is 0.340 e. The smallest absolute Gasteiger partial charge is 0.282 e. The first-order valence-corrected chi connectivity index (χ1v) is 11.6. The fraction of sp³-hybridized carbons (Fsp3) is 0.944. The Morgan fingerprint density at radius 3 is 1.77 bits per heavy atom. The van der Waals surface area contributed by atoms with Gasteiger partial charge in [-0.25, -0.2) is 0 Å². The van der Waals surface area contributed by atoms with Crippen LogP contribution in [0.2, 0.25) is 0 Å². The molecule has 0 bridgehead atoms. The number of carbonyl (C=O) groups excluding carboxylic acids is 1. The van der Waals surface area contributed by atoms with E-state index in [1.54, 1.807) is 8.61 Å². The quantitative estimate of drug-likeness (QED) is 0.667. The van der Waals surface area contributed by atoms with Gasteiger partial charge in [-0.2, -0.15) is 17.0 Å². The minimum atomic E-state index is -3.39. The molecule has 2 aliphatic carbocycles. The Balaban J connectivity index is 1.28. The van der Waals surface area contributed by atoms with Crippen LogP contribution in [0.3, 0.4) is 0 Å². The standard InChI is InChI=1S/C18H32N4O3S/c1-19-6-10-21(11-7-19)26(24,25)22-12-8-20(9-13-22)18(23)14-17(15-2-3-15)16-4-5-16/h15-17H,2-14H2,1H3. The summed E-state index contributed by atoms with van der Waals surface area (Å²) in [4.78, 5) is 16.8. The van der Waals surface area contributed by atoms with Gasteiger partial charge in [-0.05, 0) is 50.5 Å². The van der Waals surface area contributed by atoms with Crippen molar-refractivity contribution in [2.45, 2.75) is 32.1 Å². The van der Waals surface area contributed by atoms with E-state index in [4.69, 9.17) is 0 Å². The summed E-state index contributed by atoms with van der Waals surface area (Å²) in [6.07, 6.45) is 5.87. The van der Waals surface area contributed by atoms with Gasteiger partial charge in [-0.1, -0.05) is 0 Å². The maximum Gasteiger partial charge on any atom is 0.282 e. The average molecular weight is 385 g/mol. The molecule has 7 nitrogen and oxygen atoms in total. The zero-order valence-electron chi connectivity index (χ0n) is 15.8. The van der Waals surface area contributed by atoms with Crippen molar-refractivity contribution in [3.63, 3.8) is 0 Å². The summed E-state index contributed by atoms with van der Waals surface area (Å²) in [5.74, 6) is 2.40. The molecular weight excluding hydrogens is 352 g/mol. The molecule has 0 radical (unpaired) electrons. The Labute approximate surface area is 157 Å².